The van der Waals surface area contributed by atoms with Gasteiger partial charge in [-0.25, -0.2) is 4.57 Å². The van der Waals surface area contributed by atoms with E-state index >= 15 is 0 Å². The zero-order valence-corrected chi connectivity index (χ0v) is 28.3. The fraction of sp³-hybridized carbons (Fsp3) is 1.00. The summed E-state index contributed by atoms with van der Waals surface area (Å²) in [6.45, 7) is 3.52. The summed E-state index contributed by atoms with van der Waals surface area (Å²) in [5.41, 5.74) is 6.27. The van der Waals surface area contributed by atoms with Crippen LogP contribution >= 0.6 is 7.82 Å². The fourth-order valence-corrected chi connectivity index (χ4v) is 6.02. The van der Waals surface area contributed by atoms with Gasteiger partial charge in [0, 0.05) is 0 Å². The van der Waals surface area contributed by atoms with Crippen LogP contribution in [0.25, 0.3) is 0 Å². The van der Waals surface area contributed by atoms with Crippen LogP contribution in [0.2, 0.25) is 0 Å². The predicted molar refractivity (Wildman–Crippen MR) is 178 cm³/mol. The molecule has 0 saturated heterocycles. The molecule has 0 amide bonds. The minimum absolute atomic E-state index is 0.162. The molecule has 5 N–H and O–H groups in total. The van der Waals surface area contributed by atoms with Crippen LogP contribution in [0.1, 0.15) is 200 Å². The molecule has 0 heterocycles. The van der Waals surface area contributed by atoms with E-state index in [4.69, 9.17) is 15.5 Å². The molecule has 248 valence electrons. The monoisotopic (exact) mass is 605 g/mol. The molecular weight excluding hydrogens is 531 g/mol. The van der Waals surface area contributed by atoms with Gasteiger partial charge in [0.1, 0.15) is 0 Å². The van der Waals surface area contributed by atoms with E-state index < -0.39 is 7.82 Å². The van der Waals surface area contributed by atoms with E-state index in [0.29, 0.717) is 0 Å². The van der Waals surface area contributed by atoms with Crippen molar-refractivity contribution in [2.24, 2.45) is 5.73 Å². The first-order chi connectivity index (χ1) is 20.0. The van der Waals surface area contributed by atoms with Crippen molar-refractivity contribution in [1.82, 2.24) is 5.32 Å². The molecule has 1 unspecified atom stereocenters. The SMILES string of the molecule is CCCCCCCCCCCCCCCCC(N)NCCCCCCCCCCCCCCCCCOP(=O)(O)O. The molecule has 0 aliphatic carbocycles. The number of hydrogen-bond donors (Lipinski definition) is 4. The van der Waals surface area contributed by atoms with E-state index in [1.54, 1.807) is 0 Å². The Morgan fingerprint density at radius 2 is 0.854 bits per heavy atom. The van der Waals surface area contributed by atoms with Crippen molar-refractivity contribution in [2.75, 3.05) is 13.2 Å². The summed E-state index contributed by atoms with van der Waals surface area (Å²) in [4.78, 5) is 17.3. The highest BCUT2D eigenvalue weighted by atomic mass is 31.2. The predicted octanol–water partition coefficient (Wildman–Crippen LogP) is 10.7. The van der Waals surface area contributed by atoms with Crippen LogP contribution in [0.4, 0.5) is 0 Å². The maximum absolute atomic E-state index is 10.6. The summed E-state index contributed by atoms with van der Waals surface area (Å²) < 4.78 is 15.0. The molecule has 0 aliphatic heterocycles. The van der Waals surface area contributed by atoms with Crippen molar-refractivity contribution >= 4 is 7.82 Å². The number of unbranched alkanes of at least 4 members (excludes halogenated alkanes) is 27. The third-order valence-corrected chi connectivity index (χ3v) is 8.87. The van der Waals surface area contributed by atoms with Crippen molar-refractivity contribution in [3.63, 3.8) is 0 Å². The van der Waals surface area contributed by atoms with E-state index in [0.717, 1.165) is 32.2 Å². The van der Waals surface area contributed by atoms with Gasteiger partial charge in [-0.1, -0.05) is 180 Å². The van der Waals surface area contributed by atoms with Crippen LogP contribution in [-0.2, 0) is 9.09 Å². The summed E-state index contributed by atoms with van der Waals surface area (Å²) in [5.74, 6) is 0. The average molecular weight is 605 g/mol. The second-order valence-corrected chi connectivity index (χ2v) is 13.8. The molecule has 0 rings (SSSR count). The second-order valence-electron chi connectivity index (χ2n) is 12.6. The van der Waals surface area contributed by atoms with Crippen molar-refractivity contribution in [1.29, 1.82) is 0 Å². The van der Waals surface area contributed by atoms with Crippen molar-refractivity contribution in [2.45, 2.75) is 206 Å². The van der Waals surface area contributed by atoms with E-state index in [-0.39, 0.29) is 12.8 Å². The third-order valence-electron chi connectivity index (χ3n) is 8.36. The van der Waals surface area contributed by atoms with Gasteiger partial charge in [-0.3, -0.25) is 4.52 Å². The van der Waals surface area contributed by atoms with Gasteiger partial charge < -0.3 is 20.8 Å². The fourth-order valence-electron chi connectivity index (χ4n) is 5.66. The second kappa shape index (κ2) is 32.9. The number of hydrogen-bond acceptors (Lipinski definition) is 4. The van der Waals surface area contributed by atoms with Gasteiger partial charge in [0.2, 0.25) is 0 Å². The van der Waals surface area contributed by atoms with Crippen LogP contribution in [-0.4, -0.2) is 29.1 Å². The Balaban J connectivity index is 3.16. The van der Waals surface area contributed by atoms with Crippen molar-refractivity contribution in [3.8, 4) is 0 Å². The van der Waals surface area contributed by atoms with Crippen LogP contribution in [0.5, 0.6) is 0 Å². The summed E-state index contributed by atoms with van der Waals surface area (Å²) in [6.07, 6.45) is 39.8. The van der Waals surface area contributed by atoms with Gasteiger partial charge in [0.15, 0.2) is 0 Å². The number of nitrogens with one attached hydrogen (secondary N) is 1. The lowest BCUT2D eigenvalue weighted by molar-refractivity contribution is 0.193. The van der Waals surface area contributed by atoms with Gasteiger partial charge in [0.05, 0.1) is 12.8 Å². The summed E-state index contributed by atoms with van der Waals surface area (Å²) in [7, 11) is -4.28. The normalized spacial score (nSPS) is 12.8. The average Bonchev–Trinajstić information content (AvgIpc) is 2.93. The lowest BCUT2D eigenvalue weighted by Gasteiger charge is -2.13. The van der Waals surface area contributed by atoms with Crippen molar-refractivity contribution in [3.05, 3.63) is 0 Å². The lowest BCUT2D eigenvalue weighted by Crippen LogP contribution is -2.37. The molecule has 0 radical (unpaired) electrons. The molecule has 0 spiro atoms. The summed E-state index contributed by atoms with van der Waals surface area (Å²) in [6, 6.07) is 0. The highest BCUT2D eigenvalue weighted by molar-refractivity contribution is 7.46. The molecule has 0 fully saturated rings. The minimum atomic E-state index is -4.28. The number of nitrogens with two attached hydrogens (primary N) is 1. The Morgan fingerprint density at radius 3 is 1.22 bits per heavy atom. The molecule has 0 aromatic carbocycles. The molecule has 0 saturated carbocycles. The zero-order valence-electron chi connectivity index (χ0n) is 27.4. The quantitative estimate of drug-likeness (QED) is 0.0326. The largest absolute Gasteiger partial charge is 0.469 e. The Labute approximate surface area is 256 Å². The maximum atomic E-state index is 10.6. The number of phosphoric acid groups is 1. The highest BCUT2D eigenvalue weighted by Gasteiger charge is 2.12. The lowest BCUT2D eigenvalue weighted by atomic mass is 10.0. The maximum Gasteiger partial charge on any atom is 0.469 e. The molecule has 6 nitrogen and oxygen atoms in total. The van der Waals surface area contributed by atoms with Crippen molar-refractivity contribution < 1.29 is 18.9 Å². The Hall–Kier alpha value is 0.0300. The van der Waals surface area contributed by atoms with Gasteiger partial charge in [-0.15, -0.1) is 0 Å². The topological polar surface area (TPSA) is 105 Å². The molecular formula is C34H73N2O4P. The Bertz CT molecular complexity index is 547. The number of rotatable bonds is 35. The van der Waals surface area contributed by atoms with E-state index in [2.05, 4.69) is 16.8 Å². The zero-order chi connectivity index (χ0) is 30.1. The van der Waals surface area contributed by atoms with Gasteiger partial charge in [0.25, 0.3) is 0 Å². The molecule has 0 aromatic heterocycles. The standard InChI is InChI=1S/C34H73N2O4P/c1-2-3-4-5-6-7-8-9-13-16-19-22-25-28-31-34(35)36-32-29-26-23-20-17-14-11-10-12-15-18-21-24-27-30-33-40-41(37,38)39/h34,36H,2-33,35H2,1H3,(H2,37,38,39). The van der Waals surface area contributed by atoms with Crippen LogP contribution in [0.15, 0.2) is 0 Å². The smallest absolute Gasteiger partial charge is 0.316 e. The summed E-state index contributed by atoms with van der Waals surface area (Å²) in [5, 5.41) is 3.53. The number of phosphoric ester groups is 1. The van der Waals surface area contributed by atoms with E-state index in [1.165, 1.54) is 167 Å². The van der Waals surface area contributed by atoms with E-state index in [9.17, 15) is 4.57 Å². The van der Waals surface area contributed by atoms with Gasteiger partial charge in [-0.05, 0) is 25.8 Å². The Morgan fingerprint density at radius 1 is 0.537 bits per heavy atom. The third kappa shape index (κ3) is 38.0. The first-order valence-electron chi connectivity index (χ1n) is 18.1. The highest BCUT2D eigenvalue weighted by Crippen LogP contribution is 2.35. The first kappa shape index (κ1) is 41.0. The summed E-state index contributed by atoms with van der Waals surface area (Å²) >= 11 is 0. The van der Waals surface area contributed by atoms with E-state index in [1.807, 2.05) is 0 Å². The van der Waals surface area contributed by atoms with Crippen LogP contribution in [0, 0.1) is 0 Å². The Kier molecular flexibility index (Phi) is 33.0. The first-order valence-corrected chi connectivity index (χ1v) is 19.7. The van der Waals surface area contributed by atoms with Crippen LogP contribution in [0.3, 0.4) is 0 Å². The molecule has 0 aromatic rings. The van der Waals surface area contributed by atoms with Gasteiger partial charge in [-0.2, -0.15) is 0 Å². The molecule has 1 atom stereocenters. The molecule has 0 bridgehead atoms. The molecule has 0 aliphatic rings. The molecule has 41 heavy (non-hydrogen) atoms. The van der Waals surface area contributed by atoms with Crippen LogP contribution < -0.4 is 11.1 Å². The minimum Gasteiger partial charge on any atom is -0.316 e. The molecule has 7 heteroatoms. The van der Waals surface area contributed by atoms with Gasteiger partial charge >= 0.3 is 7.82 Å².